The summed E-state index contributed by atoms with van der Waals surface area (Å²) >= 11 is 0. The summed E-state index contributed by atoms with van der Waals surface area (Å²) in [6, 6.07) is 13.8. The second kappa shape index (κ2) is 13.7. The number of hydrogen-bond acceptors (Lipinski definition) is 5. The van der Waals surface area contributed by atoms with E-state index in [2.05, 4.69) is 0 Å². The van der Waals surface area contributed by atoms with Gasteiger partial charge in [0.2, 0.25) is 5.91 Å². The van der Waals surface area contributed by atoms with Crippen molar-refractivity contribution in [1.82, 2.24) is 14.7 Å². The minimum atomic E-state index is -0.596. The number of fused-ring (bicyclic) bond motifs is 1. The molecule has 37 heavy (non-hydrogen) atoms. The van der Waals surface area contributed by atoms with Crippen LogP contribution in [0.1, 0.15) is 59.2 Å². The Morgan fingerprint density at radius 2 is 1.76 bits per heavy atom. The van der Waals surface area contributed by atoms with Crippen molar-refractivity contribution in [2.75, 3.05) is 47.9 Å². The Hall–Kier alpha value is -3.55. The van der Waals surface area contributed by atoms with Crippen LogP contribution >= 0.6 is 0 Å². The van der Waals surface area contributed by atoms with Crippen molar-refractivity contribution in [2.24, 2.45) is 0 Å². The zero-order valence-corrected chi connectivity index (χ0v) is 22.4. The van der Waals surface area contributed by atoms with Crippen LogP contribution in [0.25, 0.3) is 0 Å². The minimum Gasteiger partial charge on any atom is -0.496 e. The predicted octanol–water partition coefficient (Wildman–Crippen LogP) is 4.10. The van der Waals surface area contributed by atoms with Crippen LogP contribution in [0.4, 0.5) is 0 Å². The lowest BCUT2D eigenvalue weighted by Gasteiger charge is -2.31. The normalized spacial score (nSPS) is 17.1. The zero-order valence-electron chi connectivity index (χ0n) is 22.4. The van der Waals surface area contributed by atoms with Gasteiger partial charge in [-0.1, -0.05) is 24.3 Å². The summed E-state index contributed by atoms with van der Waals surface area (Å²) in [6.45, 7) is 1.71. The van der Waals surface area contributed by atoms with E-state index in [-0.39, 0.29) is 17.7 Å². The monoisotopic (exact) mass is 509 g/mol. The summed E-state index contributed by atoms with van der Waals surface area (Å²) in [5.41, 5.74) is 0.984. The Morgan fingerprint density at radius 1 is 1.03 bits per heavy atom. The van der Waals surface area contributed by atoms with Gasteiger partial charge in [-0.05, 0) is 62.8 Å². The molecule has 1 aliphatic heterocycles. The van der Waals surface area contributed by atoms with E-state index in [1.807, 2.05) is 24.3 Å². The third-order valence-electron chi connectivity index (χ3n) is 6.87. The standard InChI is InChI=1S/C29H39N3O5/c1-30(27(33)22-14-6-8-17-25(22)36-4)20-12-10-16-24-29(35)31(2)19-11-5-13-21-37-26-18-9-7-15-23(26)28(34)32(24)3/h6-9,14-15,17-18,24H,5,10-13,16,19-21H2,1-4H3/t24-/m0/s1. The number of unbranched alkanes of at least 4 members (excludes halogenated alkanes) is 1. The van der Waals surface area contributed by atoms with Crippen LogP contribution < -0.4 is 9.47 Å². The number of rotatable bonds is 7. The maximum absolute atomic E-state index is 13.5. The molecule has 200 valence electrons. The number of hydrogen-bond donors (Lipinski definition) is 0. The average Bonchev–Trinajstić information content (AvgIpc) is 2.93. The molecule has 2 aromatic rings. The molecule has 0 fully saturated rings. The molecular formula is C29H39N3O5. The average molecular weight is 510 g/mol. The van der Waals surface area contributed by atoms with E-state index in [4.69, 9.17) is 9.47 Å². The van der Waals surface area contributed by atoms with Gasteiger partial charge in [0.05, 0.1) is 24.8 Å². The lowest BCUT2D eigenvalue weighted by molar-refractivity contribution is -0.134. The second-order valence-corrected chi connectivity index (χ2v) is 9.52. The molecule has 2 aromatic carbocycles. The van der Waals surface area contributed by atoms with Crippen LogP contribution in [-0.4, -0.2) is 86.4 Å². The smallest absolute Gasteiger partial charge is 0.258 e. The predicted molar refractivity (Wildman–Crippen MR) is 143 cm³/mol. The number of methoxy groups -OCH3 is 1. The van der Waals surface area contributed by atoms with E-state index >= 15 is 0 Å². The Balaban J connectivity index is 1.68. The van der Waals surface area contributed by atoms with Gasteiger partial charge >= 0.3 is 0 Å². The first-order chi connectivity index (χ1) is 17.8. The number of nitrogens with zero attached hydrogens (tertiary/aromatic N) is 3. The fraction of sp³-hybridized carbons (Fsp3) is 0.483. The Bertz CT molecular complexity index is 1070. The maximum atomic E-state index is 13.5. The topological polar surface area (TPSA) is 79.4 Å². The van der Waals surface area contributed by atoms with Crippen molar-refractivity contribution in [3.63, 3.8) is 0 Å². The third kappa shape index (κ3) is 7.24. The highest BCUT2D eigenvalue weighted by atomic mass is 16.5. The van der Waals surface area contributed by atoms with Gasteiger partial charge in [-0.25, -0.2) is 0 Å². The maximum Gasteiger partial charge on any atom is 0.258 e. The lowest BCUT2D eigenvalue weighted by atomic mass is 10.0. The van der Waals surface area contributed by atoms with Gasteiger partial charge < -0.3 is 24.2 Å². The van der Waals surface area contributed by atoms with Crippen LogP contribution in [0.15, 0.2) is 48.5 Å². The highest BCUT2D eigenvalue weighted by Gasteiger charge is 2.31. The molecule has 0 aliphatic carbocycles. The molecule has 1 atom stereocenters. The molecule has 0 N–H and O–H groups in total. The van der Waals surface area contributed by atoms with Crippen LogP contribution in [0.3, 0.4) is 0 Å². The summed E-state index contributed by atoms with van der Waals surface area (Å²) < 4.78 is 11.2. The third-order valence-corrected chi connectivity index (χ3v) is 6.87. The number of amides is 3. The van der Waals surface area contributed by atoms with E-state index in [0.29, 0.717) is 61.6 Å². The molecule has 1 aliphatic rings. The summed E-state index contributed by atoms with van der Waals surface area (Å²) in [5, 5.41) is 0. The molecule has 1 heterocycles. The first-order valence-corrected chi connectivity index (χ1v) is 13.0. The van der Waals surface area contributed by atoms with Crippen molar-refractivity contribution in [1.29, 1.82) is 0 Å². The first-order valence-electron chi connectivity index (χ1n) is 13.0. The highest BCUT2D eigenvalue weighted by molar-refractivity contribution is 5.99. The molecule has 0 radical (unpaired) electrons. The first kappa shape index (κ1) is 28.0. The molecular weight excluding hydrogens is 470 g/mol. The Labute approximate surface area is 220 Å². The molecule has 0 saturated heterocycles. The summed E-state index contributed by atoms with van der Waals surface area (Å²) in [5.74, 6) is 0.687. The van der Waals surface area contributed by atoms with E-state index in [1.165, 1.54) is 0 Å². The van der Waals surface area contributed by atoms with E-state index in [1.54, 1.807) is 67.2 Å². The molecule has 8 nitrogen and oxygen atoms in total. The van der Waals surface area contributed by atoms with Crippen LogP contribution in [0, 0.1) is 0 Å². The summed E-state index contributed by atoms with van der Waals surface area (Å²) in [4.78, 5) is 44.7. The number of ether oxygens (including phenoxy) is 2. The van der Waals surface area contributed by atoms with Crippen LogP contribution in [-0.2, 0) is 4.79 Å². The second-order valence-electron chi connectivity index (χ2n) is 9.52. The van der Waals surface area contributed by atoms with Gasteiger partial charge in [0, 0.05) is 34.2 Å². The summed E-state index contributed by atoms with van der Waals surface area (Å²) in [7, 11) is 6.80. The molecule has 3 rings (SSSR count). The Kier molecular flexibility index (Phi) is 10.4. The summed E-state index contributed by atoms with van der Waals surface area (Å²) in [6.07, 6.45) is 4.58. The SMILES string of the molecule is COc1ccccc1C(=O)N(C)CCCC[C@H]1C(=O)N(C)CCCCCOc2ccccc2C(=O)N1C. The molecule has 0 saturated carbocycles. The molecule has 3 amide bonds. The zero-order chi connectivity index (χ0) is 26.8. The van der Waals surface area contributed by atoms with E-state index in [0.717, 1.165) is 19.3 Å². The van der Waals surface area contributed by atoms with Gasteiger partial charge in [-0.3, -0.25) is 14.4 Å². The molecule has 0 aromatic heterocycles. The van der Waals surface area contributed by atoms with Gasteiger partial charge in [0.1, 0.15) is 17.5 Å². The van der Waals surface area contributed by atoms with E-state index < -0.39 is 6.04 Å². The van der Waals surface area contributed by atoms with Crippen LogP contribution in [0.2, 0.25) is 0 Å². The molecule has 0 bridgehead atoms. The van der Waals surface area contributed by atoms with Crippen LogP contribution in [0.5, 0.6) is 11.5 Å². The van der Waals surface area contributed by atoms with Gasteiger partial charge in [0.25, 0.3) is 11.8 Å². The van der Waals surface area contributed by atoms with Gasteiger partial charge in [-0.2, -0.15) is 0 Å². The van der Waals surface area contributed by atoms with Crippen molar-refractivity contribution in [3.05, 3.63) is 59.7 Å². The number of para-hydroxylation sites is 2. The fourth-order valence-electron chi connectivity index (χ4n) is 4.57. The highest BCUT2D eigenvalue weighted by Crippen LogP contribution is 2.24. The number of carbonyl (C=O) groups is 3. The molecule has 8 heteroatoms. The quantitative estimate of drug-likeness (QED) is 0.525. The Morgan fingerprint density at radius 3 is 2.54 bits per heavy atom. The van der Waals surface area contributed by atoms with Gasteiger partial charge in [0.15, 0.2) is 0 Å². The molecule has 0 spiro atoms. The van der Waals surface area contributed by atoms with Crippen molar-refractivity contribution in [3.8, 4) is 11.5 Å². The van der Waals surface area contributed by atoms with Crippen molar-refractivity contribution < 1.29 is 23.9 Å². The van der Waals surface area contributed by atoms with Crippen molar-refractivity contribution in [2.45, 2.75) is 44.6 Å². The molecule has 0 unspecified atom stereocenters. The van der Waals surface area contributed by atoms with Crippen molar-refractivity contribution >= 4 is 17.7 Å². The number of benzene rings is 2. The minimum absolute atomic E-state index is 0.0630. The fourth-order valence-corrected chi connectivity index (χ4v) is 4.57. The number of carbonyl (C=O) groups excluding carboxylic acids is 3. The van der Waals surface area contributed by atoms with E-state index in [9.17, 15) is 14.4 Å². The van der Waals surface area contributed by atoms with Gasteiger partial charge in [-0.15, -0.1) is 0 Å². The largest absolute Gasteiger partial charge is 0.496 e. The lowest BCUT2D eigenvalue weighted by Crippen LogP contribution is -2.48. The number of likely N-dealkylation sites (N-methyl/N-ethyl adjacent to an activating group) is 2.